The normalized spacial score (nSPS) is 11.2. The summed E-state index contributed by atoms with van der Waals surface area (Å²) >= 11 is 0. The van der Waals surface area contributed by atoms with E-state index in [1.165, 1.54) is 77.0 Å². The van der Waals surface area contributed by atoms with E-state index in [-0.39, 0.29) is 5.91 Å². The first-order valence-electron chi connectivity index (χ1n) is 11.0. The van der Waals surface area contributed by atoms with E-state index in [0.717, 1.165) is 38.9 Å². The molecule has 0 bridgehead atoms. The molecule has 0 spiro atoms. The summed E-state index contributed by atoms with van der Waals surface area (Å²) in [6.45, 7) is 9.09. The second kappa shape index (κ2) is 22.7. The van der Waals surface area contributed by atoms with Gasteiger partial charge in [0.1, 0.15) is 16.2 Å². The number of ether oxygens (including phenoxy) is 2. The third-order valence-electron chi connectivity index (χ3n) is 4.64. The van der Waals surface area contributed by atoms with E-state index in [1.807, 2.05) is 12.2 Å². The highest BCUT2D eigenvalue weighted by Crippen LogP contribution is 2.10. The molecule has 0 rings (SSSR count). The fourth-order valence-corrected chi connectivity index (χ4v) is 3.21. The van der Waals surface area contributed by atoms with E-state index >= 15 is 0 Å². The van der Waals surface area contributed by atoms with Gasteiger partial charge in [0.15, 0.2) is 0 Å². The Morgan fingerprint density at radius 2 is 0.846 bits per heavy atom. The largest absolute Gasteiger partial charge is 0.357 e. The lowest BCUT2D eigenvalue weighted by Gasteiger charge is -2.14. The molecule has 0 aromatic heterocycles. The molecule has 0 unspecified atom stereocenters. The molecule has 0 N–H and O–H groups in total. The second-order valence-electron chi connectivity index (χ2n) is 7.18. The predicted molar refractivity (Wildman–Crippen MR) is 116 cm³/mol. The molecule has 0 heterocycles. The number of hydrogen-bond acceptors (Lipinski definition) is 2. The molecule has 0 aliphatic rings. The smallest absolute Gasteiger partial charge is 0.134 e. The number of hydrogen-bond donors (Lipinski definition) is 0. The van der Waals surface area contributed by atoms with E-state index in [2.05, 4.69) is 23.4 Å². The Kier molecular flexibility index (Phi) is 22.3. The Labute approximate surface area is 167 Å². The zero-order valence-electron chi connectivity index (χ0n) is 17.2. The summed E-state index contributed by atoms with van der Waals surface area (Å²) in [5.74, 6) is -0.243. The fourth-order valence-electron chi connectivity index (χ4n) is 2.98. The van der Waals surface area contributed by atoms with Gasteiger partial charge in [-0.05, 0) is 38.5 Å². The van der Waals surface area contributed by atoms with Crippen molar-refractivity contribution in [2.24, 2.45) is 0 Å². The van der Waals surface area contributed by atoms with Gasteiger partial charge in [0.2, 0.25) is 0 Å². The first kappa shape index (κ1) is 25.6. The maximum Gasteiger partial charge on any atom is 0.134 e. The van der Waals surface area contributed by atoms with Crippen molar-refractivity contribution in [1.29, 1.82) is 0 Å². The van der Waals surface area contributed by atoms with Gasteiger partial charge < -0.3 is 9.47 Å². The molecule has 0 saturated carbocycles. The van der Waals surface area contributed by atoms with Gasteiger partial charge in [-0.2, -0.15) is 0 Å². The quantitative estimate of drug-likeness (QED) is 0.0865. The van der Waals surface area contributed by atoms with E-state index < -0.39 is 0 Å². The molecule has 0 saturated heterocycles. The molecule has 151 valence electrons. The minimum absolute atomic E-state index is 0.243. The first-order valence-corrected chi connectivity index (χ1v) is 11.5. The van der Waals surface area contributed by atoms with Crippen LogP contribution in [0.1, 0.15) is 103 Å². The zero-order valence-corrected chi connectivity index (χ0v) is 18.2. The zero-order chi connectivity index (χ0) is 19.1. The summed E-state index contributed by atoms with van der Waals surface area (Å²) in [7, 11) is 3.51. The Hall–Kier alpha value is -0.383. The minimum Gasteiger partial charge on any atom is -0.357 e. The van der Waals surface area contributed by atoms with Gasteiger partial charge in [0, 0.05) is 13.2 Å². The average molecular weight is 380 g/mol. The van der Waals surface area contributed by atoms with Crippen LogP contribution in [0, 0.1) is 0 Å². The highest BCUT2D eigenvalue weighted by molar-refractivity contribution is 6.10. The summed E-state index contributed by atoms with van der Waals surface area (Å²) < 4.78 is 11.3. The Morgan fingerprint density at radius 1 is 0.538 bits per heavy atom. The molecule has 0 aliphatic heterocycles. The monoisotopic (exact) mass is 379 g/mol. The highest BCUT2D eigenvalue weighted by Gasteiger charge is 2.02. The van der Waals surface area contributed by atoms with Crippen LogP contribution in [0.3, 0.4) is 0 Å². The summed E-state index contributed by atoms with van der Waals surface area (Å²) in [5.41, 5.74) is 0. The van der Waals surface area contributed by atoms with Crippen molar-refractivity contribution in [1.82, 2.24) is 0 Å². The van der Waals surface area contributed by atoms with Crippen LogP contribution < -0.4 is 0 Å². The Morgan fingerprint density at radius 3 is 1.19 bits per heavy atom. The first-order chi connectivity index (χ1) is 12.8. The summed E-state index contributed by atoms with van der Waals surface area (Å²) in [6, 6.07) is 0. The van der Waals surface area contributed by atoms with Crippen molar-refractivity contribution in [2.75, 3.05) is 13.2 Å². The van der Waals surface area contributed by atoms with Crippen molar-refractivity contribution in [3.8, 4) is 0 Å². The van der Waals surface area contributed by atoms with Crippen LogP contribution in [-0.4, -0.2) is 29.4 Å². The van der Waals surface area contributed by atoms with Crippen LogP contribution in [-0.2, 0) is 9.47 Å². The number of unbranched alkanes of at least 4 members (excludes halogenated alkanes) is 14. The van der Waals surface area contributed by atoms with Crippen molar-refractivity contribution in [2.45, 2.75) is 109 Å². The second-order valence-corrected chi connectivity index (χ2v) is 7.65. The lowest BCUT2D eigenvalue weighted by molar-refractivity contribution is -0.0900. The molecule has 0 aromatic rings. The molecular weight excluding hydrogens is 336 g/mol. The molecular formula is C23H43O2Si. The standard InChI is InChI=1S/C23H43O2Si/c1-3-5-7-9-11-13-15-17-19-21-24-23(26)25-22-20-18-16-14-12-10-8-6-4-2/h3-4,23H,1-2,5-22H2. The third kappa shape index (κ3) is 21.7. The maximum absolute atomic E-state index is 5.66. The molecule has 0 amide bonds. The van der Waals surface area contributed by atoms with Crippen molar-refractivity contribution in [3.63, 3.8) is 0 Å². The highest BCUT2D eigenvalue weighted by atomic mass is 28.1. The molecule has 3 heteroatoms. The van der Waals surface area contributed by atoms with Crippen molar-refractivity contribution < 1.29 is 9.47 Å². The Bertz CT molecular complexity index is 266. The number of allylic oxidation sites excluding steroid dienone is 2. The molecule has 0 atom stereocenters. The SMILES string of the molecule is C=CCCCCCCCCCOC([Si])OCCCCCCCCCC=C. The van der Waals surface area contributed by atoms with Gasteiger partial charge in [0.25, 0.3) is 0 Å². The van der Waals surface area contributed by atoms with E-state index in [4.69, 9.17) is 9.47 Å². The summed E-state index contributed by atoms with van der Waals surface area (Å²) in [6.07, 6.45) is 24.4. The van der Waals surface area contributed by atoms with Crippen LogP contribution in [0.4, 0.5) is 0 Å². The Balaban J connectivity index is 3.14. The molecule has 0 aliphatic carbocycles. The number of rotatable bonds is 22. The lowest BCUT2D eigenvalue weighted by Crippen LogP contribution is -2.18. The lowest BCUT2D eigenvalue weighted by atomic mass is 10.1. The van der Waals surface area contributed by atoms with Gasteiger partial charge in [0.05, 0.1) is 0 Å². The molecule has 0 fully saturated rings. The van der Waals surface area contributed by atoms with Gasteiger partial charge in [-0.25, -0.2) is 0 Å². The van der Waals surface area contributed by atoms with Gasteiger partial charge in [-0.15, -0.1) is 13.2 Å². The van der Waals surface area contributed by atoms with Crippen LogP contribution in [0.15, 0.2) is 25.3 Å². The van der Waals surface area contributed by atoms with Crippen LogP contribution in [0.2, 0.25) is 0 Å². The topological polar surface area (TPSA) is 18.5 Å². The van der Waals surface area contributed by atoms with Gasteiger partial charge in [-0.1, -0.05) is 76.4 Å². The summed E-state index contributed by atoms with van der Waals surface area (Å²) in [4.78, 5) is 0. The van der Waals surface area contributed by atoms with Crippen LogP contribution in [0.5, 0.6) is 0 Å². The van der Waals surface area contributed by atoms with E-state index in [1.54, 1.807) is 0 Å². The van der Waals surface area contributed by atoms with E-state index in [9.17, 15) is 0 Å². The summed E-state index contributed by atoms with van der Waals surface area (Å²) in [5, 5.41) is 0. The molecule has 0 aromatic carbocycles. The third-order valence-corrected chi connectivity index (χ3v) is 4.98. The molecule has 3 radical (unpaired) electrons. The fraction of sp³-hybridized carbons (Fsp3) is 0.826. The molecule has 26 heavy (non-hydrogen) atoms. The maximum atomic E-state index is 5.66. The van der Waals surface area contributed by atoms with Gasteiger partial charge >= 0.3 is 0 Å². The average Bonchev–Trinajstić information content (AvgIpc) is 2.64. The van der Waals surface area contributed by atoms with E-state index in [0.29, 0.717) is 0 Å². The molecule has 2 nitrogen and oxygen atoms in total. The minimum atomic E-state index is -0.243. The van der Waals surface area contributed by atoms with Gasteiger partial charge in [-0.3, -0.25) is 0 Å². The van der Waals surface area contributed by atoms with Crippen LogP contribution >= 0.6 is 0 Å². The predicted octanol–water partition coefficient (Wildman–Crippen LogP) is 7.09. The van der Waals surface area contributed by atoms with Crippen LogP contribution in [0.25, 0.3) is 0 Å². The van der Waals surface area contributed by atoms with Crippen molar-refractivity contribution >= 4 is 10.2 Å². The van der Waals surface area contributed by atoms with Crippen molar-refractivity contribution in [3.05, 3.63) is 25.3 Å².